The number of allylic oxidation sites excluding steroid dienone is 1. The predicted octanol–water partition coefficient (Wildman–Crippen LogP) is 4.91. The number of nitrogens with two attached hydrogens (primary N) is 1. The van der Waals surface area contributed by atoms with Gasteiger partial charge in [-0.3, -0.25) is 4.98 Å². The van der Waals surface area contributed by atoms with Crippen molar-refractivity contribution in [1.82, 2.24) is 9.88 Å². The summed E-state index contributed by atoms with van der Waals surface area (Å²) in [5.41, 5.74) is 12.0. The van der Waals surface area contributed by atoms with Crippen LogP contribution in [0.15, 0.2) is 59.4 Å². The molecule has 0 bridgehead atoms. The molecule has 6 heteroatoms. The lowest BCUT2D eigenvalue weighted by atomic mass is 9.80. The summed E-state index contributed by atoms with van der Waals surface area (Å²) in [5.74, 6) is 1.28. The molecular formula is C24H31N5S. The summed E-state index contributed by atoms with van der Waals surface area (Å²) < 4.78 is 7.54. The van der Waals surface area contributed by atoms with Crippen LogP contribution < -0.4 is 10.5 Å². The molecule has 2 aromatic rings. The quantitative estimate of drug-likeness (QED) is 0.649. The molecule has 5 nitrogen and oxygen atoms in total. The summed E-state index contributed by atoms with van der Waals surface area (Å²) in [6.45, 7) is 11.2. The number of fused-ring (bicyclic) bond motifs is 1. The van der Waals surface area contributed by atoms with Crippen molar-refractivity contribution in [3.8, 4) is 0 Å². The maximum Gasteiger partial charge on any atom is 0.143 e. The first-order chi connectivity index (χ1) is 14.5. The summed E-state index contributed by atoms with van der Waals surface area (Å²) in [7, 11) is 0. The van der Waals surface area contributed by atoms with E-state index in [0.29, 0.717) is 11.8 Å². The van der Waals surface area contributed by atoms with E-state index in [2.05, 4.69) is 69.8 Å². The van der Waals surface area contributed by atoms with E-state index in [1.165, 1.54) is 41.8 Å². The van der Waals surface area contributed by atoms with Crippen molar-refractivity contribution in [3.63, 3.8) is 0 Å². The number of likely N-dealkylation sites (tertiary alicyclic amines) is 1. The van der Waals surface area contributed by atoms with E-state index >= 15 is 0 Å². The molecule has 1 aromatic carbocycles. The molecule has 0 unspecified atom stereocenters. The third-order valence-electron chi connectivity index (χ3n) is 6.55. The van der Waals surface area contributed by atoms with E-state index in [-0.39, 0.29) is 5.41 Å². The minimum absolute atomic E-state index is 0.0996. The Morgan fingerprint density at radius 3 is 2.90 bits per heavy atom. The number of aryl methyl sites for hydroxylation is 1. The Labute approximate surface area is 184 Å². The second kappa shape index (κ2) is 8.72. The van der Waals surface area contributed by atoms with Gasteiger partial charge in [0.2, 0.25) is 0 Å². The summed E-state index contributed by atoms with van der Waals surface area (Å²) in [4.78, 5) is 6.67. The maximum absolute atomic E-state index is 6.19. The van der Waals surface area contributed by atoms with Gasteiger partial charge >= 0.3 is 0 Å². The summed E-state index contributed by atoms with van der Waals surface area (Å²) in [6, 6.07) is 10.6. The summed E-state index contributed by atoms with van der Waals surface area (Å²) in [5, 5.41) is 0. The molecule has 30 heavy (non-hydrogen) atoms. The topological polar surface area (TPSA) is 66.5 Å². The number of piperidine rings is 1. The minimum Gasteiger partial charge on any atom is -0.383 e. The Morgan fingerprint density at radius 1 is 1.30 bits per heavy atom. The highest BCUT2D eigenvalue weighted by atomic mass is 32.2. The lowest BCUT2D eigenvalue weighted by Gasteiger charge is -2.42. The van der Waals surface area contributed by atoms with E-state index in [9.17, 15) is 0 Å². The van der Waals surface area contributed by atoms with Crippen molar-refractivity contribution in [2.45, 2.75) is 44.9 Å². The lowest BCUT2D eigenvalue weighted by Crippen LogP contribution is -2.40. The van der Waals surface area contributed by atoms with Crippen molar-refractivity contribution in [2.24, 2.45) is 16.0 Å². The Morgan fingerprint density at radius 2 is 2.10 bits per heavy atom. The fourth-order valence-electron chi connectivity index (χ4n) is 4.60. The van der Waals surface area contributed by atoms with Crippen LogP contribution in [0, 0.1) is 5.92 Å². The highest BCUT2D eigenvalue weighted by Gasteiger charge is 2.31. The Balaban J connectivity index is 1.42. The van der Waals surface area contributed by atoms with E-state index < -0.39 is 0 Å². The zero-order chi connectivity index (χ0) is 21.1. The zero-order valence-corrected chi connectivity index (χ0v) is 18.7. The molecule has 3 N–H and O–H groups in total. The number of nitrogens with one attached hydrogen (secondary N) is 1. The van der Waals surface area contributed by atoms with Gasteiger partial charge in [-0.2, -0.15) is 4.40 Å². The monoisotopic (exact) mass is 421 g/mol. The molecule has 0 amide bonds. The highest BCUT2D eigenvalue weighted by molar-refractivity contribution is 7.99. The third-order valence-corrected chi connectivity index (χ3v) is 7.15. The molecule has 1 fully saturated rings. The number of anilines is 1. The van der Waals surface area contributed by atoms with Gasteiger partial charge in [-0.15, -0.1) is 0 Å². The molecule has 3 heterocycles. The van der Waals surface area contributed by atoms with Gasteiger partial charge in [0, 0.05) is 42.2 Å². The van der Waals surface area contributed by atoms with Crippen LogP contribution in [0.3, 0.4) is 0 Å². The SMILES string of the molecule is C=C(N1CCC[C@H](CCc2cccc3c2C(N)=NSN3)C1)C(C)(C)c1ccncc1. The molecule has 0 spiro atoms. The van der Waals surface area contributed by atoms with E-state index in [1.54, 1.807) is 0 Å². The number of pyridine rings is 1. The number of benzene rings is 1. The second-order valence-electron chi connectivity index (χ2n) is 8.81. The maximum atomic E-state index is 6.19. The van der Waals surface area contributed by atoms with Gasteiger partial charge in [0.15, 0.2) is 0 Å². The summed E-state index contributed by atoms with van der Waals surface area (Å²) in [6.07, 6.45) is 8.39. The predicted molar refractivity (Wildman–Crippen MR) is 127 cm³/mol. The molecule has 4 rings (SSSR count). The number of nitrogens with zero attached hydrogens (tertiary/aromatic N) is 3. The molecule has 0 radical (unpaired) electrons. The first kappa shape index (κ1) is 20.8. The Bertz CT molecular complexity index is 938. The number of amidine groups is 1. The molecule has 158 valence electrons. The highest BCUT2D eigenvalue weighted by Crippen LogP contribution is 2.35. The third kappa shape index (κ3) is 4.19. The Kier molecular flexibility index (Phi) is 6.04. The first-order valence-electron chi connectivity index (χ1n) is 10.7. The van der Waals surface area contributed by atoms with Gasteiger partial charge in [-0.05, 0) is 60.9 Å². The van der Waals surface area contributed by atoms with Crippen LogP contribution in [0.25, 0.3) is 0 Å². The van der Waals surface area contributed by atoms with Gasteiger partial charge in [-0.25, -0.2) is 0 Å². The van der Waals surface area contributed by atoms with Crippen LogP contribution in [0.1, 0.15) is 49.8 Å². The van der Waals surface area contributed by atoms with Crippen molar-refractivity contribution in [1.29, 1.82) is 0 Å². The van der Waals surface area contributed by atoms with Crippen molar-refractivity contribution < 1.29 is 0 Å². The molecule has 1 atom stereocenters. The largest absolute Gasteiger partial charge is 0.383 e. The standard InChI is InChI=1S/C24H31N5S/c1-17(24(2,3)20-11-13-26-14-12-20)29-15-5-6-18(16-29)9-10-19-7-4-8-21-22(19)23(25)28-30-27-21/h4,7-8,11-14,18,27H,1,5-6,9-10,15-16H2,2-3H3,(H2,25,28)/t18-/m1/s1. The van der Waals surface area contributed by atoms with Crippen LogP contribution in [-0.4, -0.2) is 28.8 Å². The van der Waals surface area contributed by atoms with Crippen molar-refractivity contribution in [3.05, 3.63) is 71.7 Å². The van der Waals surface area contributed by atoms with Crippen molar-refractivity contribution >= 4 is 23.7 Å². The van der Waals surface area contributed by atoms with E-state index in [1.807, 2.05) is 12.4 Å². The van der Waals surface area contributed by atoms with Gasteiger partial charge in [0.25, 0.3) is 0 Å². The normalized spacial score (nSPS) is 18.9. The van der Waals surface area contributed by atoms with Gasteiger partial charge < -0.3 is 15.4 Å². The number of aromatic nitrogens is 1. The molecule has 2 aliphatic heterocycles. The smallest absolute Gasteiger partial charge is 0.143 e. The van der Waals surface area contributed by atoms with Crippen LogP contribution in [0.2, 0.25) is 0 Å². The summed E-state index contributed by atoms with van der Waals surface area (Å²) >= 11 is 1.30. The molecule has 2 aliphatic rings. The van der Waals surface area contributed by atoms with E-state index in [0.717, 1.165) is 37.2 Å². The van der Waals surface area contributed by atoms with Crippen molar-refractivity contribution in [2.75, 3.05) is 17.8 Å². The van der Waals surface area contributed by atoms with E-state index in [4.69, 9.17) is 5.73 Å². The molecular weight excluding hydrogens is 390 g/mol. The van der Waals surface area contributed by atoms with Crippen LogP contribution >= 0.6 is 12.1 Å². The first-order valence-corrected chi connectivity index (χ1v) is 11.5. The average Bonchev–Trinajstić information content (AvgIpc) is 2.78. The van der Waals surface area contributed by atoms with Gasteiger partial charge in [0.1, 0.15) is 5.84 Å². The lowest BCUT2D eigenvalue weighted by molar-refractivity contribution is 0.189. The van der Waals surface area contributed by atoms with Gasteiger partial charge in [-0.1, -0.05) is 32.6 Å². The van der Waals surface area contributed by atoms with Crippen LogP contribution in [-0.2, 0) is 11.8 Å². The fraction of sp³-hybridized carbons (Fsp3) is 0.417. The number of hydrogen-bond acceptors (Lipinski definition) is 6. The molecule has 1 aromatic heterocycles. The minimum atomic E-state index is -0.0996. The molecule has 0 saturated carbocycles. The Hall–Kier alpha value is -2.47. The zero-order valence-electron chi connectivity index (χ0n) is 17.9. The van der Waals surface area contributed by atoms with Crippen LogP contribution in [0.5, 0.6) is 0 Å². The molecule has 0 aliphatic carbocycles. The average molecular weight is 422 g/mol. The number of rotatable bonds is 6. The molecule has 1 saturated heterocycles. The van der Waals surface area contributed by atoms with Crippen LogP contribution in [0.4, 0.5) is 5.69 Å². The second-order valence-corrected chi connectivity index (χ2v) is 9.38. The van der Waals surface area contributed by atoms with Gasteiger partial charge in [0.05, 0.1) is 17.8 Å². The fourth-order valence-corrected chi connectivity index (χ4v) is 5.10. The number of hydrogen-bond donors (Lipinski definition) is 2.